The Balaban J connectivity index is 1.54. The molecule has 0 aromatic heterocycles. The first-order valence-corrected chi connectivity index (χ1v) is 7.33. The topological polar surface area (TPSA) is 6.48 Å². The maximum atomic E-state index is 3.49. The molecule has 1 aromatic carbocycles. The molecular formula is C14H19BrN2. The quantitative estimate of drug-likeness (QED) is 0.846. The molecule has 3 rings (SSSR count). The lowest BCUT2D eigenvalue weighted by Gasteiger charge is -2.36. The van der Waals surface area contributed by atoms with Crippen LogP contribution in [0, 0.1) is 5.92 Å². The highest BCUT2D eigenvalue weighted by molar-refractivity contribution is 9.10. The van der Waals surface area contributed by atoms with Gasteiger partial charge >= 0.3 is 0 Å². The van der Waals surface area contributed by atoms with E-state index in [0.717, 1.165) is 10.4 Å². The second-order valence-corrected chi connectivity index (χ2v) is 6.12. The first-order valence-electron chi connectivity index (χ1n) is 6.54. The van der Waals surface area contributed by atoms with Crippen LogP contribution < -0.4 is 4.90 Å². The fraction of sp³-hybridized carbons (Fsp3) is 0.571. The predicted octanol–water partition coefficient (Wildman–Crippen LogP) is 2.98. The van der Waals surface area contributed by atoms with Crippen molar-refractivity contribution in [3.05, 3.63) is 28.7 Å². The van der Waals surface area contributed by atoms with Crippen LogP contribution in [0.25, 0.3) is 0 Å². The Morgan fingerprint density at radius 3 is 2.24 bits per heavy atom. The normalized spacial score (nSPS) is 21.8. The van der Waals surface area contributed by atoms with Crippen molar-refractivity contribution < 1.29 is 0 Å². The molecule has 1 saturated carbocycles. The summed E-state index contributed by atoms with van der Waals surface area (Å²) in [6.45, 7) is 6.15. The van der Waals surface area contributed by atoms with Gasteiger partial charge in [-0.15, -0.1) is 0 Å². The van der Waals surface area contributed by atoms with E-state index in [1.165, 1.54) is 51.3 Å². The van der Waals surface area contributed by atoms with E-state index in [2.05, 4.69) is 50.0 Å². The number of hydrogen-bond acceptors (Lipinski definition) is 2. The van der Waals surface area contributed by atoms with Crippen LogP contribution in [0.5, 0.6) is 0 Å². The molecule has 1 aromatic rings. The molecule has 0 unspecified atom stereocenters. The summed E-state index contributed by atoms with van der Waals surface area (Å²) in [7, 11) is 0. The van der Waals surface area contributed by atoms with Gasteiger partial charge in [-0.25, -0.2) is 0 Å². The molecule has 2 nitrogen and oxygen atoms in total. The maximum absolute atomic E-state index is 3.49. The van der Waals surface area contributed by atoms with E-state index in [9.17, 15) is 0 Å². The average molecular weight is 295 g/mol. The lowest BCUT2D eigenvalue weighted by Crippen LogP contribution is -2.47. The molecule has 1 aliphatic carbocycles. The minimum atomic E-state index is 1.02. The minimum absolute atomic E-state index is 1.02. The van der Waals surface area contributed by atoms with Crippen LogP contribution in [0.4, 0.5) is 5.69 Å². The van der Waals surface area contributed by atoms with Gasteiger partial charge in [0.1, 0.15) is 0 Å². The zero-order chi connectivity index (χ0) is 11.7. The predicted molar refractivity (Wildman–Crippen MR) is 75.5 cm³/mol. The molecule has 3 heteroatoms. The summed E-state index contributed by atoms with van der Waals surface area (Å²) in [6.07, 6.45) is 2.93. The summed E-state index contributed by atoms with van der Waals surface area (Å²) in [6, 6.07) is 8.68. The Bertz CT molecular complexity index is 364. The number of benzene rings is 1. The van der Waals surface area contributed by atoms with Gasteiger partial charge in [0.15, 0.2) is 0 Å². The van der Waals surface area contributed by atoms with Gasteiger partial charge in [0, 0.05) is 42.9 Å². The van der Waals surface area contributed by atoms with E-state index in [4.69, 9.17) is 0 Å². The van der Waals surface area contributed by atoms with Crippen LogP contribution in [0.3, 0.4) is 0 Å². The smallest absolute Gasteiger partial charge is 0.0367 e. The molecule has 0 N–H and O–H groups in total. The summed E-state index contributed by atoms with van der Waals surface area (Å²) < 4.78 is 1.16. The van der Waals surface area contributed by atoms with Crippen molar-refractivity contribution in [2.45, 2.75) is 12.8 Å². The van der Waals surface area contributed by atoms with E-state index >= 15 is 0 Å². The van der Waals surface area contributed by atoms with Gasteiger partial charge in [-0.05, 0) is 43.0 Å². The summed E-state index contributed by atoms with van der Waals surface area (Å²) in [5, 5.41) is 0. The van der Waals surface area contributed by atoms with E-state index in [0.29, 0.717) is 0 Å². The van der Waals surface area contributed by atoms with E-state index in [-0.39, 0.29) is 0 Å². The highest BCUT2D eigenvalue weighted by Gasteiger charge is 2.26. The Kier molecular flexibility index (Phi) is 3.39. The van der Waals surface area contributed by atoms with Crippen molar-refractivity contribution in [1.29, 1.82) is 0 Å². The molecule has 2 fully saturated rings. The van der Waals surface area contributed by atoms with E-state index < -0.39 is 0 Å². The SMILES string of the molecule is Brc1ccc(N2CCN(CC3CC3)CC2)cc1. The second kappa shape index (κ2) is 4.99. The Labute approximate surface area is 112 Å². The monoisotopic (exact) mass is 294 g/mol. The van der Waals surface area contributed by atoms with Gasteiger partial charge in [-0.1, -0.05) is 15.9 Å². The van der Waals surface area contributed by atoms with Gasteiger partial charge in [-0.3, -0.25) is 4.90 Å². The lowest BCUT2D eigenvalue weighted by molar-refractivity contribution is 0.248. The van der Waals surface area contributed by atoms with E-state index in [1.807, 2.05) is 0 Å². The van der Waals surface area contributed by atoms with Crippen molar-refractivity contribution >= 4 is 21.6 Å². The summed E-state index contributed by atoms with van der Waals surface area (Å²) in [5.74, 6) is 1.02. The molecule has 0 spiro atoms. The first-order chi connectivity index (χ1) is 8.31. The molecule has 1 aliphatic heterocycles. The zero-order valence-electron chi connectivity index (χ0n) is 10.1. The molecule has 1 heterocycles. The highest BCUT2D eigenvalue weighted by Crippen LogP contribution is 2.30. The largest absolute Gasteiger partial charge is 0.369 e. The highest BCUT2D eigenvalue weighted by atomic mass is 79.9. The van der Waals surface area contributed by atoms with Crippen molar-refractivity contribution in [3.8, 4) is 0 Å². The zero-order valence-corrected chi connectivity index (χ0v) is 11.7. The lowest BCUT2D eigenvalue weighted by atomic mass is 10.2. The van der Waals surface area contributed by atoms with Crippen LogP contribution in [0.1, 0.15) is 12.8 Å². The number of rotatable bonds is 3. The van der Waals surface area contributed by atoms with Crippen LogP contribution in [-0.4, -0.2) is 37.6 Å². The number of nitrogens with zero attached hydrogens (tertiary/aromatic N) is 2. The Morgan fingerprint density at radius 1 is 1.00 bits per heavy atom. The van der Waals surface area contributed by atoms with Crippen LogP contribution in [0.2, 0.25) is 0 Å². The molecule has 0 atom stereocenters. The molecule has 2 aliphatic rings. The molecular weight excluding hydrogens is 276 g/mol. The summed E-state index contributed by atoms with van der Waals surface area (Å²) >= 11 is 3.49. The molecule has 1 saturated heterocycles. The van der Waals surface area contributed by atoms with Gasteiger partial charge < -0.3 is 4.90 Å². The third kappa shape index (κ3) is 3.02. The van der Waals surface area contributed by atoms with Gasteiger partial charge in [-0.2, -0.15) is 0 Å². The molecule has 0 radical (unpaired) electrons. The molecule has 92 valence electrons. The summed E-state index contributed by atoms with van der Waals surface area (Å²) in [4.78, 5) is 5.13. The third-order valence-corrected chi connectivity index (χ3v) is 4.31. The molecule has 0 bridgehead atoms. The van der Waals surface area contributed by atoms with Gasteiger partial charge in [0.05, 0.1) is 0 Å². The van der Waals surface area contributed by atoms with Gasteiger partial charge in [0.25, 0.3) is 0 Å². The van der Waals surface area contributed by atoms with Gasteiger partial charge in [0.2, 0.25) is 0 Å². The van der Waals surface area contributed by atoms with Crippen LogP contribution in [0.15, 0.2) is 28.7 Å². The molecule has 0 amide bonds. The van der Waals surface area contributed by atoms with Crippen molar-refractivity contribution in [2.24, 2.45) is 5.92 Å². The number of anilines is 1. The van der Waals surface area contributed by atoms with Crippen LogP contribution in [-0.2, 0) is 0 Å². The summed E-state index contributed by atoms with van der Waals surface area (Å²) in [5.41, 5.74) is 1.36. The van der Waals surface area contributed by atoms with E-state index in [1.54, 1.807) is 0 Å². The average Bonchev–Trinajstić information content (AvgIpc) is 3.15. The molecule has 17 heavy (non-hydrogen) atoms. The minimum Gasteiger partial charge on any atom is -0.369 e. The maximum Gasteiger partial charge on any atom is 0.0367 e. The Hall–Kier alpha value is -0.540. The standard InChI is InChI=1S/C14H19BrN2/c15-13-3-5-14(6-4-13)17-9-7-16(8-10-17)11-12-1-2-12/h3-6,12H,1-2,7-11H2. The first kappa shape index (κ1) is 11.5. The number of hydrogen-bond donors (Lipinski definition) is 0. The van der Waals surface area contributed by atoms with Crippen molar-refractivity contribution in [1.82, 2.24) is 4.90 Å². The fourth-order valence-electron chi connectivity index (χ4n) is 2.51. The fourth-order valence-corrected chi connectivity index (χ4v) is 2.77. The van der Waals surface area contributed by atoms with Crippen molar-refractivity contribution in [2.75, 3.05) is 37.6 Å². The Morgan fingerprint density at radius 2 is 1.65 bits per heavy atom. The number of piperazine rings is 1. The van der Waals surface area contributed by atoms with Crippen LogP contribution >= 0.6 is 15.9 Å². The third-order valence-electron chi connectivity index (χ3n) is 3.78. The number of halogens is 1. The second-order valence-electron chi connectivity index (χ2n) is 5.21. The van der Waals surface area contributed by atoms with Crippen molar-refractivity contribution in [3.63, 3.8) is 0 Å².